The highest BCUT2D eigenvalue weighted by molar-refractivity contribution is 5.77. The van der Waals surface area contributed by atoms with Crippen molar-refractivity contribution in [3.63, 3.8) is 0 Å². The standard InChI is InChI=1S/C13H20N2O2/c1-9-5-11(6-10(2)13(9)17)7-15(4)8-12(16)14-3/h5-6,17H,7-8H2,1-4H3,(H,14,16). The summed E-state index contributed by atoms with van der Waals surface area (Å²) in [5.74, 6) is 0.349. The fourth-order valence-corrected chi connectivity index (χ4v) is 1.83. The van der Waals surface area contributed by atoms with Crippen LogP contribution in [0.25, 0.3) is 0 Å². The lowest BCUT2D eigenvalue weighted by molar-refractivity contribution is -0.121. The summed E-state index contributed by atoms with van der Waals surface area (Å²) in [6.45, 7) is 4.82. The Labute approximate surface area is 102 Å². The number of hydrogen-bond donors (Lipinski definition) is 2. The van der Waals surface area contributed by atoms with Crippen LogP contribution in [0.1, 0.15) is 16.7 Å². The van der Waals surface area contributed by atoms with E-state index in [1.165, 1.54) is 0 Å². The maximum atomic E-state index is 11.2. The summed E-state index contributed by atoms with van der Waals surface area (Å²) in [5, 5.41) is 12.3. The summed E-state index contributed by atoms with van der Waals surface area (Å²) in [6.07, 6.45) is 0. The maximum absolute atomic E-state index is 11.2. The van der Waals surface area contributed by atoms with Gasteiger partial charge in [0.25, 0.3) is 0 Å². The molecule has 0 aliphatic rings. The number of hydrogen-bond acceptors (Lipinski definition) is 3. The largest absolute Gasteiger partial charge is 0.507 e. The first-order valence-corrected chi connectivity index (χ1v) is 5.62. The average molecular weight is 236 g/mol. The minimum absolute atomic E-state index is 0.000257. The van der Waals surface area contributed by atoms with E-state index in [-0.39, 0.29) is 5.91 Å². The van der Waals surface area contributed by atoms with Crippen molar-refractivity contribution in [2.24, 2.45) is 0 Å². The third-order valence-electron chi connectivity index (χ3n) is 2.70. The molecule has 0 heterocycles. The first-order chi connectivity index (χ1) is 7.93. The molecule has 0 bridgehead atoms. The monoisotopic (exact) mass is 236 g/mol. The molecule has 0 aliphatic heterocycles. The highest BCUT2D eigenvalue weighted by Crippen LogP contribution is 2.23. The molecule has 1 aromatic rings. The Morgan fingerprint density at radius 3 is 2.35 bits per heavy atom. The van der Waals surface area contributed by atoms with Gasteiger partial charge < -0.3 is 10.4 Å². The number of benzene rings is 1. The van der Waals surface area contributed by atoms with Crippen molar-refractivity contribution in [1.82, 2.24) is 10.2 Å². The predicted molar refractivity (Wildman–Crippen MR) is 68.0 cm³/mol. The van der Waals surface area contributed by atoms with Gasteiger partial charge in [-0.1, -0.05) is 12.1 Å². The topological polar surface area (TPSA) is 52.6 Å². The van der Waals surface area contributed by atoms with E-state index in [1.807, 2.05) is 37.9 Å². The zero-order chi connectivity index (χ0) is 13.0. The molecule has 17 heavy (non-hydrogen) atoms. The highest BCUT2D eigenvalue weighted by atomic mass is 16.3. The zero-order valence-corrected chi connectivity index (χ0v) is 10.9. The number of carbonyl (C=O) groups is 1. The van der Waals surface area contributed by atoms with Gasteiger partial charge in [-0.05, 0) is 37.6 Å². The molecule has 2 N–H and O–H groups in total. The fourth-order valence-electron chi connectivity index (χ4n) is 1.83. The van der Waals surface area contributed by atoms with Crippen molar-refractivity contribution >= 4 is 5.91 Å². The van der Waals surface area contributed by atoms with Crippen LogP contribution in [0.2, 0.25) is 0 Å². The number of aromatic hydroxyl groups is 1. The van der Waals surface area contributed by atoms with Crippen LogP contribution in [0.4, 0.5) is 0 Å². The second-order valence-corrected chi connectivity index (χ2v) is 4.42. The van der Waals surface area contributed by atoms with E-state index in [2.05, 4.69) is 5.32 Å². The molecule has 94 valence electrons. The van der Waals surface area contributed by atoms with E-state index in [0.717, 1.165) is 16.7 Å². The molecule has 0 radical (unpaired) electrons. The van der Waals surface area contributed by atoms with E-state index in [4.69, 9.17) is 0 Å². The van der Waals surface area contributed by atoms with Gasteiger partial charge in [-0.15, -0.1) is 0 Å². The number of phenolic OH excluding ortho intramolecular Hbond substituents is 1. The van der Waals surface area contributed by atoms with Gasteiger partial charge in [0.1, 0.15) is 5.75 Å². The summed E-state index contributed by atoms with van der Waals surface area (Å²) >= 11 is 0. The Bertz CT molecular complexity index is 393. The minimum Gasteiger partial charge on any atom is -0.507 e. The van der Waals surface area contributed by atoms with Crippen molar-refractivity contribution < 1.29 is 9.90 Å². The molecule has 1 amide bonds. The van der Waals surface area contributed by atoms with Gasteiger partial charge in [0.2, 0.25) is 5.91 Å². The predicted octanol–water partition coefficient (Wildman–Crippen LogP) is 1.19. The van der Waals surface area contributed by atoms with Gasteiger partial charge in [-0.2, -0.15) is 0 Å². The number of amides is 1. The number of nitrogens with zero attached hydrogens (tertiary/aromatic N) is 1. The smallest absolute Gasteiger partial charge is 0.233 e. The number of aryl methyl sites for hydroxylation is 2. The molecule has 0 saturated carbocycles. The Morgan fingerprint density at radius 2 is 1.88 bits per heavy atom. The molecule has 0 spiro atoms. The number of carbonyl (C=O) groups excluding carboxylic acids is 1. The lowest BCUT2D eigenvalue weighted by Crippen LogP contribution is -2.32. The quantitative estimate of drug-likeness (QED) is 0.825. The van der Waals surface area contributed by atoms with Crippen molar-refractivity contribution in [3.05, 3.63) is 28.8 Å². The lowest BCUT2D eigenvalue weighted by Gasteiger charge is -2.16. The highest BCUT2D eigenvalue weighted by Gasteiger charge is 2.08. The van der Waals surface area contributed by atoms with Crippen molar-refractivity contribution in [3.8, 4) is 5.75 Å². The Balaban J connectivity index is 2.72. The Morgan fingerprint density at radius 1 is 1.35 bits per heavy atom. The van der Waals surface area contributed by atoms with E-state index < -0.39 is 0 Å². The van der Waals surface area contributed by atoms with E-state index in [1.54, 1.807) is 7.05 Å². The van der Waals surface area contributed by atoms with Crippen LogP contribution >= 0.6 is 0 Å². The van der Waals surface area contributed by atoms with Crippen LogP contribution in [0, 0.1) is 13.8 Å². The Kier molecular flexibility index (Phi) is 4.52. The molecule has 4 heteroatoms. The normalized spacial score (nSPS) is 10.6. The minimum atomic E-state index is -0.000257. The number of likely N-dealkylation sites (N-methyl/N-ethyl adjacent to an activating group) is 2. The number of phenols is 1. The first kappa shape index (κ1) is 13.5. The zero-order valence-electron chi connectivity index (χ0n) is 10.9. The molecule has 0 unspecified atom stereocenters. The van der Waals surface area contributed by atoms with Gasteiger partial charge in [0, 0.05) is 13.6 Å². The van der Waals surface area contributed by atoms with Crippen molar-refractivity contribution in [1.29, 1.82) is 0 Å². The molecule has 0 fully saturated rings. The molecule has 0 aliphatic carbocycles. The lowest BCUT2D eigenvalue weighted by atomic mass is 10.1. The Hall–Kier alpha value is -1.55. The maximum Gasteiger partial charge on any atom is 0.233 e. The second kappa shape index (κ2) is 5.68. The summed E-state index contributed by atoms with van der Waals surface area (Å²) < 4.78 is 0. The number of nitrogens with one attached hydrogen (secondary N) is 1. The molecular weight excluding hydrogens is 216 g/mol. The third-order valence-corrected chi connectivity index (χ3v) is 2.70. The molecule has 1 aromatic carbocycles. The molecule has 0 aromatic heterocycles. The fraction of sp³-hybridized carbons (Fsp3) is 0.462. The molecule has 1 rings (SSSR count). The summed E-state index contributed by atoms with van der Waals surface area (Å²) in [7, 11) is 3.53. The second-order valence-electron chi connectivity index (χ2n) is 4.42. The third kappa shape index (κ3) is 3.75. The van der Waals surface area contributed by atoms with Crippen LogP contribution in [-0.2, 0) is 11.3 Å². The average Bonchev–Trinajstić information content (AvgIpc) is 2.25. The van der Waals surface area contributed by atoms with Gasteiger partial charge in [0.05, 0.1) is 6.54 Å². The van der Waals surface area contributed by atoms with Gasteiger partial charge in [-0.25, -0.2) is 0 Å². The van der Waals surface area contributed by atoms with Crippen molar-refractivity contribution in [2.45, 2.75) is 20.4 Å². The van der Waals surface area contributed by atoms with E-state index in [9.17, 15) is 9.90 Å². The molecule has 0 saturated heterocycles. The van der Waals surface area contributed by atoms with Crippen LogP contribution in [0.5, 0.6) is 5.75 Å². The van der Waals surface area contributed by atoms with Gasteiger partial charge >= 0.3 is 0 Å². The summed E-state index contributed by atoms with van der Waals surface area (Å²) in [5.41, 5.74) is 2.84. The van der Waals surface area contributed by atoms with Gasteiger partial charge in [-0.3, -0.25) is 9.69 Å². The van der Waals surface area contributed by atoms with Crippen LogP contribution in [0.15, 0.2) is 12.1 Å². The molecule has 4 nitrogen and oxygen atoms in total. The summed E-state index contributed by atoms with van der Waals surface area (Å²) in [6, 6.07) is 3.89. The van der Waals surface area contributed by atoms with E-state index >= 15 is 0 Å². The van der Waals surface area contributed by atoms with Gasteiger partial charge in [0.15, 0.2) is 0 Å². The molecule has 0 atom stereocenters. The molecular formula is C13H20N2O2. The SMILES string of the molecule is CNC(=O)CN(C)Cc1cc(C)c(O)c(C)c1. The summed E-state index contributed by atoms with van der Waals surface area (Å²) in [4.78, 5) is 13.1. The van der Waals surface area contributed by atoms with Crippen LogP contribution in [0.3, 0.4) is 0 Å². The van der Waals surface area contributed by atoms with Crippen molar-refractivity contribution in [2.75, 3.05) is 20.6 Å². The van der Waals surface area contributed by atoms with E-state index in [0.29, 0.717) is 18.8 Å². The first-order valence-electron chi connectivity index (χ1n) is 5.62. The van der Waals surface area contributed by atoms with Crippen LogP contribution < -0.4 is 5.32 Å². The van der Waals surface area contributed by atoms with Crippen LogP contribution in [-0.4, -0.2) is 36.6 Å². The number of rotatable bonds is 4.